The van der Waals surface area contributed by atoms with Gasteiger partial charge in [-0.25, -0.2) is 9.78 Å². The predicted molar refractivity (Wildman–Crippen MR) is 87.3 cm³/mol. The van der Waals surface area contributed by atoms with Crippen molar-refractivity contribution in [2.45, 2.75) is 13.8 Å². The van der Waals surface area contributed by atoms with Gasteiger partial charge in [-0.1, -0.05) is 18.2 Å². The number of hydrogen-bond acceptors (Lipinski definition) is 4. The van der Waals surface area contributed by atoms with E-state index in [0.29, 0.717) is 19.7 Å². The molecule has 0 spiro atoms. The monoisotopic (exact) mass is 299 g/mol. The second-order valence-electron chi connectivity index (χ2n) is 5.49. The van der Waals surface area contributed by atoms with Gasteiger partial charge in [0.1, 0.15) is 5.82 Å². The summed E-state index contributed by atoms with van der Waals surface area (Å²) in [6.07, 6.45) is -0.218. The molecule has 1 aliphatic heterocycles. The number of aromatic nitrogens is 1. The maximum Gasteiger partial charge on any atom is 0.409 e. The topological polar surface area (TPSA) is 45.7 Å². The van der Waals surface area contributed by atoms with Crippen molar-refractivity contribution in [3.8, 4) is 0 Å². The molecule has 3 rings (SSSR count). The van der Waals surface area contributed by atoms with Crippen molar-refractivity contribution in [3.05, 3.63) is 35.9 Å². The van der Waals surface area contributed by atoms with Crippen LogP contribution in [-0.2, 0) is 4.74 Å². The van der Waals surface area contributed by atoms with Crippen molar-refractivity contribution < 1.29 is 9.53 Å². The molecule has 5 heteroatoms. The summed E-state index contributed by atoms with van der Waals surface area (Å²) >= 11 is 0. The number of para-hydroxylation sites is 1. The molecule has 0 radical (unpaired) electrons. The van der Waals surface area contributed by atoms with Crippen molar-refractivity contribution in [1.29, 1.82) is 0 Å². The van der Waals surface area contributed by atoms with E-state index in [1.807, 2.05) is 25.1 Å². The third-order valence-electron chi connectivity index (χ3n) is 4.04. The van der Waals surface area contributed by atoms with Gasteiger partial charge in [-0.3, -0.25) is 0 Å². The van der Waals surface area contributed by atoms with Gasteiger partial charge in [0.2, 0.25) is 0 Å². The van der Waals surface area contributed by atoms with Crippen LogP contribution in [0.3, 0.4) is 0 Å². The van der Waals surface area contributed by atoms with Crippen LogP contribution in [0.2, 0.25) is 0 Å². The highest BCUT2D eigenvalue weighted by atomic mass is 16.6. The number of benzene rings is 1. The van der Waals surface area contributed by atoms with Gasteiger partial charge < -0.3 is 14.5 Å². The number of aryl methyl sites for hydroxylation is 1. The van der Waals surface area contributed by atoms with E-state index in [9.17, 15) is 4.79 Å². The maximum atomic E-state index is 11.7. The van der Waals surface area contributed by atoms with E-state index >= 15 is 0 Å². The summed E-state index contributed by atoms with van der Waals surface area (Å²) in [6, 6.07) is 10.3. The molecule has 1 saturated heterocycles. The lowest BCUT2D eigenvalue weighted by molar-refractivity contribution is 0.105. The Hall–Kier alpha value is -2.30. The van der Waals surface area contributed by atoms with Crippen LogP contribution < -0.4 is 4.90 Å². The summed E-state index contributed by atoms with van der Waals surface area (Å²) < 4.78 is 5.05. The second kappa shape index (κ2) is 6.22. The molecule has 116 valence electrons. The number of pyridine rings is 1. The van der Waals surface area contributed by atoms with Crippen molar-refractivity contribution in [3.63, 3.8) is 0 Å². The molecule has 1 aromatic carbocycles. The molecule has 0 unspecified atom stereocenters. The van der Waals surface area contributed by atoms with Crippen LogP contribution in [0.25, 0.3) is 10.9 Å². The lowest BCUT2D eigenvalue weighted by Crippen LogP contribution is -2.49. The molecule has 0 N–H and O–H groups in total. The maximum absolute atomic E-state index is 11.7. The molecule has 0 atom stereocenters. The van der Waals surface area contributed by atoms with Crippen LogP contribution in [0, 0.1) is 6.92 Å². The van der Waals surface area contributed by atoms with E-state index < -0.39 is 0 Å². The highest BCUT2D eigenvalue weighted by molar-refractivity contribution is 5.83. The highest BCUT2D eigenvalue weighted by Crippen LogP contribution is 2.23. The Bertz CT molecular complexity index is 679. The van der Waals surface area contributed by atoms with Gasteiger partial charge in [0.05, 0.1) is 12.1 Å². The lowest BCUT2D eigenvalue weighted by atomic mass is 10.1. The number of hydrogen-bond donors (Lipinski definition) is 0. The molecular formula is C17H21N3O2. The lowest BCUT2D eigenvalue weighted by Gasteiger charge is -2.35. The Labute approximate surface area is 130 Å². The Morgan fingerprint density at radius 2 is 1.95 bits per heavy atom. The van der Waals surface area contributed by atoms with Crippen LogP contribution in [-0.4, -0.2) is 48.8 Å². The van der Waals surface area contributed by atoms with E-state index in [-0.39, 0.29) is 6.09 Å². The van der Waals surface area contributed by atoms with E-state index in [2.05, 4.69) is 24.0 Å². The number of carbonyl (C=O) groups excluding carboxylic acids is 1. The molecule has 1 aliphatic rings. The summed E-state index contributed by atoms with van der Waals surface area (Å²) in [7, 11) is 0. The fourth-order valence-corrected chi connectivity index (χ4v) is 2.83. The van der Waals surface area contributed by atoms with Gasteiger partial charge in [-0.05, 0) is 31.5 Å². The van der Waals surface area contributed by atoms with E-state index in [1.54, 1.807) is 4.90 Å². The predicted octanol–water partition coefficient (Wildman–Crippen LogP) is 2.82. The first-order valence-electron chi connectivity index (χ1n) is 7.72. The molecule has 1 fully saturated rings. The molecule has 2 aromatic rings. The SMILES string of the molecule is CCOC(=O)N1CCN(c2cc(C)c3ccccc3n2)CC1. The van der Waals surface area contributed by atoms with Gasteiger partial charge in [0, 0.05) is 31.6 Å². The molecule has 1 aromatic heterocycles. The van der Waals surface area contributed by atoms with Gasteiger partial charge in [-0.15, -0.1) is 0 Å². The number of piperazine rings is 1. The number of ether oxygens (including phenoxy) is 1. The van der Waals surface area contributed by atoms with Crippen LogP contribution in [0.15, 0.2) is 30.3 Å². The zero-order valence-electron chi connectivity index (χ0n) is 13.1. The quantitative estimate of drug-likeness (QED) is 0.855. The third-order valence-corrected chi connectivity index (χ3v) is 4.04. The van der Waals surface area contributed by atoms with E-state index in [1.165, 1.54) is 10.9 Å². The molecule has 5 nitrogen and oxygen atoms in total. The first-order valence-corrected chi connectivity index (χ1v) is 7.72. The Morgan fingerprint density at radius 3 is 2.68 bits per heavy atom. The zero-order valence-corrected chi connectivity index (χ0v) is 13.1. The molecule has 22 heavy (non-hydrogen) atoms. The smallest absolute Gasteiger partial charge is 0.409 e. The summed E-state index contributed by atoms with van der Waals surface area (Å²) in [6.45, 7) is 7.27. The molecule has 0 bridgehead atoms. The zero-order chi connectivity index (χ0) is 15.5. The minimum Gasteiger partial charge on any atom is -0.450 e. The number of carbonyl (C=O) groups is 1. The van der Waals surface area contributed by atoms with Gasteiger partial charge in [0.25, 0.3) is 0 Å². The fraction of sp³-hybridized carbons (Fsp3) is 0.412. The average Bonchev–Trinajstić information content (AvgIpc) is 2.55. The van der Waals surface area contributed by atoms with Crippen LogP contribution >= 0.6 is 0 Å². The summed E-state index contributed by atoms with van der Waals surface area (Å²) in [5.41, 5.74) is 2.25. The first kappa shape index (κ1) is 14.6. The second-order valence-corrected chi connectivity index (χ2v) is 5.49. The van der Waals surface area contributed by atoms with Crippen molar-refractivity contribution in [2.24, 2.45) is 0 Å². The molecule has 0 saturated carbocycles. The third kappa shape index (κ3) is 2.84. The number of amides is 1. The standard InChI is InChI=1S/C17H21N3O2/c1-3-22-17(21)20-10-8-19(9-11-20)16-12-13(2)14-6-4-5-7-15(14)18-16/h4-7,12H,3,8-11H2,1-2H3. The molecular weight excluding hydrogens is 278 g/mol. The van der Waals surface area contributed by atoms with E-state index in [4.69, 9.17) is 9.72 Å². The van der Waals surface area contributed by atoms with Gasteiger partial charge in [0.15, 0.2) is 0 Å². The number of anilines is 1. The summed E-state index contributed by atoms with van der Waals surface area (Å²) in [4.78, 5) is 20.5. The van der Waals surface area contributed by atoms with Crippen molar-refractivity contribution in [2.75, 3.05) is 37.7 Å². The minimum absolute atomic E-state index is 0.218. The molecule has 1 amide bonds. The number of fused-ring (bicyclic) bond motifs is 1. The van der Waals surface area contributed by atoms with Gasteiger partial charge >= 0.3 is 6.09 Å². The van der Waals surface area contributed by atoms with Crippen molar-refractivity contribution in [1.82, 2.24) is 9.88 Å². The summed E-state index contributed by atoms with van der Waals surface area (Å²) in [5.74, 6) is 0.986. The normalized spacial score (nSPS) is 15.2. The highest BCUT2D eigenvalue weighted by Gasteiger charge is 2.22. The molecule has 0 aliphatic carbocycles. The fourth-order valence-electron chi connectivity index (χ4n) is 2.83. The minimum atomic E-state index is -0.218. The van der Waals surface area contributed by atoms with Crippen LogP contribution in [0.1, 0.15) is 12.5 Å². The van der Waals surface area contributed by atoms with Crippen LogP contribution in [0.5, 0.6) is 0 Å². The van der Waals surface area contributed by atoms with Crippen molar-refractivity contribution >= 4 is 22.8 Å². The number of nitrogens with zero attached hydrogens (tertiary/aromatic N) is 3. The van der Waals surface area contributed by atoms with Crippen LogP contribution in [0.4, 0.5) is 10.6 Å². The Morgan fingerprint density at radius 1 is 1.23 bits per heavy atom. The average molecular weight is 299 g/mol. The summed E-state index contributed by atoms with van der Waals surface area (Å²) in [5, 5.41) is 1.19. The Kier molecular flexibility index (Phi) is 4.13. The largest absolute Gasteiger partial charge is 0.450 e. The number of rotatable bonds is 2. The molecule has 2 heterocycles. The van der Waals surface area contributed by atoms with Gasteiger partial charge in [-0.2, -0.15) is 0 Å². The first-order chi connectivity index (χ1) is 10.7. The van der Waals surface area contributed by atoms with E-state index in [0.717, 1.165) is 24.4 Å². The Balaban J connectivity index is 1.75.